The Morgan fingerprint density at radius 1 is 1.13 bits per heavy atom. The Bertz CT molecular complexity index is 1120. The number of ether oxygens (including phenoxy) is 2. The van der Waals surface area contributed by atoms with Crippen molar-refractivity contribution in [3.63, 3.8) is 0 Å². The molecule has 0 radical (unpaired) electrons. The normalized spacial score (nSPS) is 15.8. The van der Waals surface area contributed by atoms with Gasteiger partial charge < -0.3 is 19.1 Å². The average Bonchev–Trinajstić information content (AvgIpc) is 3.25. The van der Waals surface area contributed by atoms with Gasteiger partial charge in [0.1, 0.15) is 18.1 Å². The molecule has 4 rings (SSSR count). The van der Waals surface area contributed by atoms with E-state index in [4.69, 9.17) is 9.84 Å². The van der Waals surface area contributed by atoms with Crippen LogP contribution in [0, 0.1) is 0 Å². The smallest absolute Gasteiger partial charge is 0.419 e. The maximum atomic E-state index is 13.2. The largest absolute Gasteiger partial charge is 0.489 e. The van der Waals surface area contributed by atoms with Crippen LogP contribution >= 0.6 is 0 Å². The number of rotatable bonds is 7. The SMILES string of the molecule is O=C(O)CC1CCc2cc3ccc(OCc4ccc(OCF)c(C(F)(F)F)c4)cc3n21. The predicted molar refractivity (Wildman–Crippen MR) is 104 cm³/mol. The summed E-state index contributed by atoms with van der Waals surface area (Å²) < 4.78 is 64.2. The van der Waals surface area contributed by atoms with Crippen LogP contribution in [0.3, 0.4) is 0 Å². The van der Waals surface area contributed by atoms with E-state index in [2.05, 4.69) is 4.74 Å². The van der Waals surface area contributed by atoms with E-state index in [1.54, 1.807) is 12.1 Å². The fourth-order valence-corrected chi connectivity index (χ4v) is 4.05. The summed E-state index contributed by atoms with van der Waals surface area (Å²) in [4.78, 5) is 11.2. The van der Waals surface area contributed by atoms with Gasteiger partial charge in [0.05, 0.1) is 17.5 Å². The van der Waals surface area contributed by atoms with Crippen molar-refractivity contribution >= 4 is 16.9 Å². The number of benzene rings is 2. The quantitative estimate of drug-likeness (QED) is 0.496. The summed E-state index contributed by atoms with van der Waals surface area (Å²) in [5.41, 5.74) is 1.07. The molecule has 0 aliphatic carbocycles. The third-order valence-electron chi connectivity index (χ3n) is 5.37. The van der Waals surface area contributed by atoms with E-state index in [0.29, 0.717) is 5.75 Å². The Morgan fingerprint density at radius 3 is 2.65 bits per heavy atom. The monoisotopic (exact) mass is 437 g/mol. The van der Waals surface area contributed by atoms with Crippen LogP contribution in [0.1, 0.15) is 35.7 Å². The summed E-state index contributed by atoms with van der Waals surface area (Å²) in [7, 11) is 0. The minimum atomic E-state index is -4.69. The summed E-state index contributed by atoms with van der Waals surface area (Å²) in [6.45, 7) is -1.49. The number of carboxylic acids is 1. The van der Waals surface area contributed by atoms with Crippen LogP contribution in [0.4, 0.5) is 17.6 Å². The Hall–Kier alpha value is -3.23. The van der Waals surface area contributed by atoms with Gasteiger partial charge in [0.15, 0.2) is 0 Å². The molecule has 1 aromatic heterocycles. The Kier molecular flexibility index (Phi) is 5.51. The van der Waals surface area contributed by atoms with Crippen molar-refractivity contribution in [1.29, 1.82) is 0 Å². The molecule has 2 aromatic carbocycles. The zero-order valence-corrected chi connectivity index (χ0v) is 16.3. The van der Waals surface area contributed by atoms with Crippen molar-refractivity contribution in [3.8, 4) is 11.5 Å². The highest BCUT2D eigenvalue weighted by atomic mass is 19.4. The highest BCUT2D eigenvalue weighted by Crippen LogP contribution is 2.38. The molecular weight excluding hydrogens is 418 g/mol. The first kappa shape index (κ1) is 21.0. The molecule has 0 saturated carbocycles. The topological polar surface area (TPSA) is 60.7 Å². The predicted octanol–water partition coefficient (Wildman–Crippen LogP) is 5.51. The number of aryl methyl sites for hydroxylation is 1. The van der Waals surface area contributed by atoms with Gasteiger partial charge in [-0.05, 0) is 48.7 Å². The van der Waals surface area contributed by atoms with Crippen molar-refractivity contribution in [3.05, 3.63) is 59.3 Å². The molecule has 1 aliphatic rings. The van der Waals surface area contributed by atoms with Crippen molar-refractivity contribution in [2.75, 3.05) is 6.86 Å². The molecule has 0 saturated heterocycles. The molecule has 31 heavy (non-hydrogen) atoms. The highest BCUT2D eigenvalue weighted by Gasteiger charge is 2.34. The van der Waals surface area contributed by atoms with Gasteiger partial charge in [0.2, 0.25) is 6.86 Å². The second-order valence-electron chi connectivity index (χ2n) is 7.39. The molecule has 3 aromatic rings. The summed E-state index contributed by atoms with van der Waals surface area (Å²) >= 11 is 0. The fraction of sp³-hybridized carbons (Fsp3) is 0.318. The average molecular weight is 437 g/mol. The molecule has 1 atom stereocenters. The molecular formula is C22H19F4NO4. The number of hydrogen-bond donors (Lipinski definition) is 1. The van der Waals surface area contributed by atoms with E-state index in [0.717, 1.165) is 41.6 Å². The number of fused-ring (bicyclic) bond motifs is 3. The number of hydrogen-bond acceptors (Lipinski definition) is 3. The van der Waals surface area contributed by atoms with Crippen LogP contribution in [-0.4, -0.2) is 22.5 Å². The fourth-order valence-electron chi connectivity index (χ4n) is 4.05. The number of aliphatic carboxylic acids is 1. The zero-order valence-electron chi connectivity index (χ0n) is 16.3. The lowest BCUT2D eigenvalue weighted by atomic mass is 10.1. The van der Waals surface area contributed by atoms with E-state index in [1.165, 1.54) is 6.07 Å². The van der Waals surface area contributed by atoms with E-state index < -0.39 is 30.3 Å². The zero-order chi connectivity index (χ0) is 22.2. The number of aromatic nitrogens is 1. The lowest BCUT2D eigenvalue weighted by Gasteiger charge is -2.15. The molecule has 0 spiro atoms. The maximum Gasteiger partial charge on any atom is 0.419 e. The van der Waals surface area contributed by atoms with Gasteiger partial charge >= 0.3 is 12.1 Å². The van der Waals surface area contributed by atoms with Crippen molar-refractivity contribution in [1.82, 2.24) is 4.57 Å². The van der Waals surface area contributed by atoms with Crippen LogP contribution in [0.25, 0.3) is 10.9 Å². The molecule has 164 valence electrons. The van der Waals surface area contributed by atoms with Crippen molar-refractivity contribution in [2.45, 2.75) is 38.1 Å². The van der Waals surface area contributed by atoms with Crippen LogP contribution in [-0.2, 0) is 24.0 Å². The van der Waals surface area contributed by atoms with Gasteiger partial charge in [-0.1, -0.05) is 6.07 Å². The van der Waals surface area contributed by atoms with Crippen molar-refractivity contribution < 1.29 is 36.9 Å². The van der Waals surface area contributed by atoms with E-state index in [9.17, 15) is 22.4 Å². The molecule has 1 aliphatic heterocycles. The van der Waals surface area contributed by atoms with Gasteiger partial charge in [0, 0.05) is 23.2 Å². The second-order valence-corrected chi connectivity index (χ2v) is 7.39. The Labute approximate surface area is 174 Å². The first-order valence-corrected chi connectivity index (χ1v) is 9.63. The van der Waals surface area contributed by atoms with Gasteiger partial charge in [-0.15, -0.1) is 0 Å². The lowest BCUT2D eigenvalue weighted by Crippen LogP contribution is -2.10. The molecule has 0 amide bonds. The second kappa shape index (κ2) is 8.13. The maximum absolute atomic E-state index is 13.2. The third-order valence-corrected chi connectivity index (χ3v) is 5.37. The Balaban J connectivity index is 1.57. The third kappa shape index (κ3) is 4.30. The van der Waals surface area contributed by atoms with Gasteiger partial charge in [-0.2, -0.15) is 13.2 Å². The first-order chi connectivity index (χ1) is 14.8. The number of nitrogens with zero attached hydrogens (tertiary/aromatic N) is 1. The number of carbonyl (C=O) groups is 1. The molecule has 1 unspecified atom stereocenters. The minimum absolute atomic E-state index is 0.0232. The molecule has 5 nitrogen and oxygen atoms in total. The van der Waals surface area contributed by atoms with E-state index >= 15 is 0 Å². The summed E-state index contributed by atoms with van der Waals surface area (Å²) in [5, 5.41) is 10.1. The summed E-state index contributed by atoms with van der Waals surface area (Å²) in [5.74, 6) is -0.992. The molecule has 9 heteroatoms. The van der Waals surface area contributed by atoms with E-state index in [-0.39, 0.29) is 24.6 Å². The van der Waals surface area contributed by atoms with E-state index in [1.807, 2.05) is 16.7 Å². The van der Waals surface area contributed by atoms with Crippen LogP contribution < -0.4 is 9.47 Å². The van der Waals surface area contributed by atoms with Gasteiger partial charge in [-0.25, -0.2) is 4.39 Å². The number of alkyl halides is 4. The molecule has 0 fully saturated rings. The summed E-state index contributed by atoms with van der Waals surface area (Å²) in [6.07, 6.45) is -3.13. The molecule has 2 heterocycles. The minimum Gasteiger partial charge on any atom is -0.489 e. The van der Waals surface area contributed by atoms with Crippen LogP contribution in [0.2, 0.25) is 0 Å². The number of carboxylic acid groups (broad SMARTS) is 1. The van der Waals surface area contributed by atoms with Crippen LogP contribution in [0.15, 0.2) is 42.5 Å². The molecule has 1 N–H and O–H groups in total. The van der Waals surface area contributed by atoms with Gasteiger partial charge in [0.25, 0.3) is 0 Å². The number of halogens is 4. The van der Waals surface area contributed by atoms with Gasteiger partial charge in [-0.3, -0.25) is 4.79 Å². The lowest BCUT2D eigenvalue weighted by molar-refractivity contribution is -0.139. The Morgan fingerprint density at radius 2 is 1.94 bits per heavy atom. The molecule has 0 bridgehead atoms. The highest BCUT2D eigenvalue weighted by molar-refractivity contribution is 5.83. The first-order valence-electron chi connectivity index (χ1n) is 9.63. The summed E-state index contributed by atoms with van der Waals surface area (Å²) in [6, 6.07) is 10.5. The van der Waals surface area contributed by atoms with Crippen LogP contribution in [0.5, 0.6) is 11.5 Å². The standard InChI is InChI=1S/C22H19F4NO4/c23-12-31-20-6-1-13(7-18(20)22(24,25)26)11-30-17-5-2-14-8-15-3-4-16(9-21(28)29)27(15)19(14)10-17/h1-2,5-8,10,16H,3-4,9,11-12H2,(H,28,29). The van der Waals surface area contributed by atoms with Crippen molar-refractivity contribution in [2.24, 2.45) is 0 Å².